The SMILES string of the molecule is COc1ccc(C(NN)c2cc(F)ccc2C)c(OC)c1. The highest BCUT2D eigenvalue weighted by atomic mass is 19.1. The molecular formula is C16H19FN2O2. The molecule has 2 aromatic carbocycles. The van der Waals surface area contributed by atoms with E-state index in [2.05, 4.69) is 5.43 Å². The zero-order chi connectivity index (χ0) is 15.4. The summed E-state index contributed by atoms with van der Waals surface area (Å²) in [5, 5.41) is 0. The van der Waals surface area contributed by atoms with Gasteiger partial charge in [-0.05, 0) is 42.3 Å². The van der Waals surface area contributed by atoms with Gasteiger partial charge in [-0.1, -0.05) is 6.07 Å². The molecule has 0 aliphatic rings. The number of hydrazine groups is 1. The van der Waals surface area contributed by atoms with E-state index in [1.54, 1.807) is 26.4 Å². The molecule has 21 heavy (non-hydrogen) atoms. The standard InChI is InChI=1S/C16H19FN2O2/c1-10-4-5-11(17)8-14(10)16(19-18)13-7-6-12(20-2)9-15(13)21-3/h4-9,16,19H,18H2,1-3H3. The van der Waals surface area contributed by atoms with E-state index < -0.39 is 0 Å². The number of aryl methyl sites for hydroxylation is 1. The van der Waals surface area contributed by atoms with Crippen molar-refractivity contribution in [3.8, 4) is 11.5 Å². The molecule has 0 aromatic heterocycles. The summed E-state index contributed by atoms with van der Waals surface area (Å²) in [6, 6.07) is 9.70. The fraction of sp³-hybridized carbons (Fsp3) is 0.250. The lowest BCUT2D eigenvalue weighted by molar-refractivity contribution is 0.387. The first-order valence-electron chi connectivity index (χ1n) is 6.54. The number of nitrogens with one attached hydrogen (secondary N) is 1. The molecule has 0 radical (unpaired) electrons. The second kappa shape index (κ2) is 6.56. The molecule has 2 rings (SSSR count). The second-order valence-electron chi connectivity index (χ2n) is 4.71. The molecule has 5 heteroatoms. The molecule has 112 valence electrons. The van der Waals surface area contributed by atoms with Crippen LogP contribution in [0.15, 0.2) is 36.4 Å². The van der Waals surface area contributed by atoms with Gasteiger partial charge in [-0.2, -0.15) is 0 Å². The summed E-state index contributed by atoms with van der Waals surface area (Å²) in [7, 11) is 3.16. The van der Waals surface area contributed by atoms with Crippen molar-refractivity contribution < 1.29 is 13.9 Å². The first-order chi connectivity index (χ1) is 10.1. The molecule has 1 unspecified atom stereocenters. The highest BCUT2D eigenvalue weighted by Gasteiger charge is 2.20. The molecular weight excluding hydrogens is 271 g/mol. The van der Waals surface area contributed by atoms with Crippen molar-refractivity contribution in [2.24, 2.45) is 5.84 Å². The lowest BCUT2D eigenvalue weighted by atomic mass is 9.94. The fourth-order valence-electron chi connectivity index (χ4n) is 2.33. The molecule has 0 spiro atoms. The van der Waals surface area contributed by atoms with Gasteiger partial charge in [0.15, 0.2) is 0 Å². The Balaban J connectivity index is 2.53. The van der Waals surface area contributed by atoms with Crippen LogP contribution in [0.2, 0.25) is 0 Å². The van der Waals surface area contributed by atoms with Crippen LogP contribution in [0, 0.1) is 12.7 Å². The van der Waals surface area contributed by atoms with E-state index in [1.165, 1.54) is 12.1 Å². The van der Waals surface area contributed by atoms with Gasteiger partial charge in [-0.15, -0.1) is 0 Å². The van der Waals surface area contributed by atoms with Crippen molar-refractivity contribution in [1.29, 1.82) is 0 Å². The van der Waals surface area contributed by atoms with E-state index >= 15 is 0 Å². The van der Waals surface area contributed by atoms with Gasteiger partial charge in [0, 0.05) is 11.6 Å². The molecule has 1 atom stereocenters. The average Bonchev–Trinajstić information content (AvgIpc) is 2.51. The highest BCUT2D eigenvalue weighted by Crippen LogP contribution is 2.34. The van der Waals surface area contributed by atoms with Crippen molar-refractivity contribution in [1.82, 2.24) is 5.43 Å². The van der Waals surface area contributed by atoms with E-state index in [1.807, 2.05) is 19.1 Å². The van der Waals surface area contributed by atoms with E-state index in [0.717, 1.165) is 16.7 Å². The number of rotatable bonds is 5. The Labute approximate surface area is 123 Å². The van der Waals surface area contributed by atoms with Crippen LogP contribution in [0.25, 0.3) is 0 Å². The Hall–Kier alpha value is -2.11. The number of nitrogens with two attached hydrogens (primary N) is 1. The van der Waals surface area contributed by atoms with Crippen LogP contribution in [0.4, 0.5) is 4.39 Å². The zero-order valence-corrected chi connectivity index (χ0v) is 12.3. The van der Waals surface area contributed by atoms with Crippen LogP contribution in [0.3, 0.4) is 0 Å². The normalized spacial score (nSPS) is 12.0. The predicted octanol–water partition coefficient (Wildman–Crippen LogP) is 2.70. The minimum Gasteiger partial charge on any atom is -0.497 e. The number of benzene rings is 2. The van der Waals surface area contributed by atoms with Crippen LogP contribution >= 0.6 is 0 Å². The maximum Gasteiger partial charge on any atom is 0.127 e. The molecule has 2 aromatic rings. The van der Waals surface area contributed by atoms with Gasteiger partial charge in [-0.25, -0.2) is 9.82 Å². The van der Waals surface area contributed by atoms with Gasteiger partial charge in [0.2, 0.25) is 0 Å². The third kappa shape index (κ3) is 3.15. The Morgan fingerprint density at radius 2 is 1.81 bits per heavy atom. The van der Waals surface area contributed by atoms with Crippen LogP contribution in [-0.4, -0.2) is 14.2 Å². The Kier molecular flexibility index (Phi) is 4.77. The first kappa shape index (κ1) is 15.3. The van der Waals surface area contributed by atoms with E-state index in [0.29, 0.717) is 11.5 Å². The minimum atomic E-state index is -0.374. The van der Waals surface area contributed by atoms with Crippen LogP contribution in [-0.2, 0) is 0 Å². The summed E-state index contributed by atoms with van der Waals surface area (Å²) in [4.78, 5) is 0. The molecule has 0 aliphatic heterocycles. The topological polar surface area (TPSA) is 56.5 Å². The smallest absolute Gasteiger partial charge is 0.127 e. The summed E-state index contributed by atoms with van der Waals surface area (Å²) in [5.41, 5.74) is 5.25. The van der Waals surface area contributed by atoms with Crippen molar-refractivity contribution in [2.45, 2.75) is 13.0 Å². The van der Waals surface area contributed by atoms with Gasteiger partial charge in [-0.3, -0.25) is 5.84 Å². The van der Waals surface area contributed by atoms with E-state index in [9.17, 15) is 4.39 Å². The van der Waals surface area contributed by atoms with Gasteiger partial charge in [0.1, 0.15) is 17.3 Å². The first-order valence-corrected chi connectivity index (χ1v) is 6.54. The number of hydrogen-bond donors (Lipinski definition) is 2. The number of hydrogen-bond acceptors (Lipinski definition) is 4. The molecule has 0 heterocycles. The average molecular weight is 290 g/mol. The Bertz CT molecular complexity index is 632. The molecule has 3 N–H and O–H groups in total. The molecule has 0 amide bonds. The molecule has 0 saturated carbocycles. The lowest BCUT2D eigenvalue weighted by Crippen LogP contribution is -2.29. The van der Waals surface area contributed by atoms with E-state index in [4.69, 9.17) is 15.3 Å². The summed E-state index contributed by atoms with van der Waals surface area (Å²) in [5.74, 6) is 6.70. The minimum absolute atomic E-state index is 0.302. The summed E-state index contributed by atoms with van der Waals surface area (Å²) < 4.78 is 24.1. The second-order valence-corrected chi connectivity index (χ2v) is 4.71. The van der Waals surface area contributed by atoms with Crippen molar-refractivity contribution in [3.63, 3.8) is 0 Å². The maximum atomic E-state index is 13.5. The Morgan fingerprint density at radius 1 is 1.05 bits per heavy atom. The van der Waals surface area contributed by atoms with Crippen molar-refractivity contribution in [2.75, 3.05) is 14.2 Å². The van der Waals surface area contributed by atoms with Gasteiger partial charge in [0.05, 0.1) is 20.3 Å². The quantitative estimate of drug-likeness (QED) is 0.656. The van der Waals surface area contributed by atoms with Crippen LogP contribution in [0.5, 0.6) is 11.5 Å². The molecule has 0 saturated heterocycles. The van der Waals surface area contributed by atoms with Crippen molar-refractivity contribution in [3.05, 3.63) is 58.9 Å². The number of methoxy groups -OCH3 is 2. The number of ether oxygens (including phenoxy) is 2. The summed E-state index contributed by atoms with van der Waals surface area (Å²) in [6.07, 6.45) is 0. The van der Waals surface area contributed by atoms with Gasteiger partial charge in [0.25, 0.3) is 0 Å². The lowest BCUT2D eigenvalue weighted by Gasteiger charge is -2.21. The number of halogens is 1. The molecule has 4 nitrogen and oxygen atoms in total. The highest BCUT2D eigenvalue weighted by molar-refractivity contribution is 5.47. The monoisotopic (exact) mass is 290 g/mol. The summed E-state index contributed by atoms with van der Waals surface area (Å²) in [6.45, 7) is 1.91. The van der Waals surface area contributed by atoms with Crippen molar-refractivity contribution >= 4 is 0 Å². The maximum absolute atomic E-state index is 13.5. The van der Waals surface area contributed by atoms with E-state index in [-0.39, 0.29) is 11.9 Å². The molecule has 0 aliphatic carbocycles. The third-order valence-corrected chi connectivity index (χ3v) is 3.47. The fourth-order valence-corrected chi connectivity index (χ4v) is 2.33. The zero-order valence-electron chi connectivity index (χ0n) is 12.3. The van der Waals surface area contributed by atoms with Crippen LogP contribution < -0.4 is 20.7 Å². The predicted molar refractivity (Wildman–Crippen MR) is 79.8 cm³/mol. The molecule has 0 fully saturated rings. The third-order valence-electron chi connectivity index (χ3n) is 3.47. The van der Waals surface area contributed by atoms with Gasteiger partial charge >= 0.3 is 0 Å². The summed E-state index contributed by atoms with van der Waals surface area (Å²) >= 11 is 0. The van der Waals surface area contributed by atoms with Crippen LogP contribution in [0.1, 0.15) is 22.7 Å². The van der Waals surface area contributed by atoms with Gasteiger partial charge < -0.3 is 9.47 Å². The largest absolute Gasteiger partial charge is 0.497 e. The Morgan fingerprint density at radius 3 is 2.43 bits per heavy atom. The molecule has 0 bridgehead atoms.